The summed E-state index contributed by atoms with van der Waals surface area (Å²) in [7, 11) is 0. The number of aryl methyl sites for hydroxylation is 2. The molecule has 1 N–H and O–H groups in total. The van der Waals surface area contributed by atoms with Gasteiger partial charge >= 0.3 is 5.97 Å². The van der Waals surface area contributed by atoms with Crippen LogP contribution in [0.2, 0.25) is 0 Å². The fraction of sp³-hybridized carbons (Fsp3) is 0.444. The Labute approximate surface area is 125 Å². The fourth-order valence-electron chi connectivity index (χ4n) is 3.68. The van der Waals surface area contributed by atoms with E-state index in [1.54, 1.807) is 0 Å². The van der Waals surface area contributed by atoms with E-state index in [9.17, 15) is 9.90 Å². The van der Waals surface area contributed by atoms with E-state index in [2.05, 4.69) is 13.8 Å². The van der Waals surface area contributed by atoms with E-state index < -0.39 is 5.97 Å². The summed E-state index contributed by atoms with van der Waals surface area (Å²) in [4.78, 5) is 16.8. The molecule has 0 fully saturated rings. The first-order chi connectivity index (χ1) is 9.81. The molecule has 0 spiro atoms. The van der Waals surface area contributed by atoms with Crippen molar-refractivity contribution in [2.45, 2.75) is 52.4 Å². The molecule has 1 aliphatic rings. The lowest BCUT2D eigenvalue weighted by molar-refractivity contribution is 0.0697. The average molecular weight is 283 g/mol. The van der Waals surface area contributed by atoms with Crippen LogP contribution in [0, 0.1) is 13.8 Å². The number of fused-ring (bicyclic) bond motifs is 2. The number of rotatable bonds is 1. The average Bonchev–Trinajstić information content (AvgIpc) is 2.36. The Kier molecular flexibility index (Phi) is 3.05. The van der Waals surface area contributed by atoms with Gasteiger partial charge in [0.15, 0.2) is 0 Å². The number of carboxylic acids is 1. The smallest absolute Gasteiger partial charge is 0.336 e. The minimum atomic E-state index is -0.830. The van der Waals surface area contributed by atoms with E-state index in [0.29, 0.717) is 5.56 Å². The molecule has 0 unspecified atom stereocenters. The first kappa shape index (κ1) is 14.1. The van der Waals surface area contributed by atoms with Gasteiger partial charge in [-0.05, 0) is 55.9 Å². The summed E-state index contributed by atoms with van der Waals surface area (Å²) in [6, 6.07) is 4.04. The fourth-order valence-corrected chi connectivity index (χ4v) is 3.68. The van der Waals surface area contributed by atoms with Gasteiger partial charge in [-0.15, -0.1) is 0 Å². The predicted octanol–water partition coefficient (Wildman–Crippen LogP) is 4.16. The maximum absolute atomic E-state index is 11.9. The van der Waals surface area contributed by atoms with Crippen LogP contribution in [0.4, 0.5) is 0 Å². The van der Waals surface area contributed by atoms with E-state index in [-0.39, 0.29) is 5.41 Å². The molecule has 1 aromatic carbocycles. The van der Waals surface area contributed by atoms with Crippen molar-refractivity contribution < 1.29 is 9.90 Å². The van der Waals surface area contributed by atoms with Crippen molar-refractivity contribution >= 4 is 16.9 Å². The molecule has 2 aromatic rings. The van der Waals surface area contributed by atoms with Crippen LogP contribution >= 0.6 is 0 Å². The van der Waals surface area contributed by atoms with Gasteiger partial charge in [0.25, 0.3) is 0 Å². The number of hydrogen-bond acceptors (Lipinski definition) is 2. The molecule has 0 bridgehead atoms. The van der Waals surface area contributed by atoms with Gasteiger partial charge in [0.05, 0.1) is 16.8 Å². The zero-order chi connectivity index (χ0) is 15.4. The van der Waals surface area contributed by atoms with Crippen molar-refractivity contribution in [1.29, 1.82) is 0 Å². The molecule has 110 valence electrons. The van der Waals surface area contributed by atoms with Gasteiger partial charge in [0, 0.05) is 10.8 Å². The number of pyridine rings is 1. The largest absolute Gasteiger partial charge is 0.478 e. The number of carbonyl (C=O) groups is 1. The Morgan fingerprint density at radius 2 is 2.00 bits per heavy atom. The van der Waals surface area contributed by atoms with Gasteiger partial charge in [-0.3, -0.25) is 4.98 Å². The van der Waals surface area contributed by atoms with Crippen molar-refractivity contribution in [3.63, 3.8) is 0 Å². The molecule has 0 saturated carbocycles. The summed E-state index contributed by atoms with van der Waals surface area (Å²) < 4.78 is 0. The van der Waals surface area contributed by atoms with Crippen molar-refractivity contribution in [3.8, 4) is 0 Å². The third-order valence-electron chi connectivity index (χ3n) is 4.61. The second-order valence-electron chi connectivity index (χ2n) is 6.83. The molecule has 1 aromatic heterocycles. The van der Waals surface area contributed by atoms with Crippen LogP contribution in [0.15, 0.2) is 12.1 Å². The number of carboxylic acid groups (broad SMARTS) is 1. The molecule has 3 nitrogen and oxygen atoms in total. The van der Waals surface area contributed by atoms with Crippen molar-refractivity contribution in [3.05, 3.63) is 40.1 Å². The highest BCUT2D eigenvalue weighted by Gasteiger charge is 2.33. The normalized spacial score (nSPS) is 16.8. The van der Waals surface area contributed by atoms with E-state index in [0.717, 1.165) is 52.5 Å². The van der Waals surface area contributed by atoms with Gasteiger partial charge in [0.1, 0.15) is 0 Å². The lowest BCUT2D eigenvalue weighted by Gasteiger charge is -2.32. The highest BCUT2D eigenvalue weighted by Crippen LogP contribution is 2.40. The van der Waals surface area contributed by atoms with E-state index >= 15 is 0 Å². The molecular formula is C18H21NO2. The molecule has 0 atom stereocenters. The van der Waals surface area contributed by atoms with E-state index in [4.69, 9.17) is 4.98 Å². The molecule has 0 amide bonds. The molecule has 0 saturated heterocycles. The zero-order valence-electron chi connectivity index (χ0n) is 13.1. The number of hydrogen-bond donors (Lipinski definition) is 1. The SMILES string of the molecule is Cc1cc(C)c2c(C(=O)O)c3c(nc2c1)C(C)(C)CCC3. The summed E-state index contributed by atoms with van der Waals surface area (Å²) in [5, 5.41) is 10.6. The Balaban J connectivity index is 2.50. The quantitative estimate of drug-likeness (QED) is 0.854. The first-order valence-corrected chi connectivity index (χ1v) is 7.49. The predicted molar refractivity (Wildman–Crippen MR) is 84.1 cm³/mol. The Hall–Kier alpha value is -1.90. The Morgan fingerprint density at radius 1 is 1.29 bits per heavy atom. The van der Waals surface area contributed by atoms with Crippen LogP contribution in [-0.4, -0.2) is 16.1 Å². The van der Waals surface area contributed by atoms with Gasteiger partial charge < -0.3 is 5.11 Å². The minimum absolute atomic E-state index is 0.0520. The maximum atomic E-state index is 11.9. The molecule has 3 rings (SSSR count). The lowest BCUT2D eigenvalue weighted by atomic mass is 9.74. The molecule has 21 heavy (non-hydrogen) atoms. The highest BCUT2D eigenvalue weighted by molar-refractivity contribution is 6.05. The van der Waals surface area contributed by atoms with Gasteiger partial charge in [0.2, 0.25) is 0 Å². The summed E-state index contributed by atoms with van der Waals surface area (Å²) in [5.41, 5.74) is 5.28. The Morgan fingerprint density at radius 3 is 2.67 bits per heavy atom. The van der Waals surface area contributed by atoms with Crippen molar-refractivity contribution in [2.24, 2.45) is 0 Å². The molecule has 1 aliphatic carbocycles. The van der Waals surface area contributed by atoms with Crippen LogP contribution in [-0.2, 0) is 11.8 Å². The van der Waals surface area contributed by atoms with E-state index in [1.165, 1.54) is 0 Å². The van der Waals surface area contributed by atoms with Crippen LogP contribution in [0.3, 0.4) is 0 Å². The standard InChI is InChI=1S/C18H21NO2/c1-10-8-11(2)14-13(9-10)19-16-12(15(14)17(20)21)6-5-7-18(16,3)4/h8-9H,5-7H2,1-4H3,(H,20,21). The topological polar surface area (TPSA) is 50.2 Å². The van der Waals surface area contributed by atoms with Gasteiger partial charge in [-0.1, -0.05) is 19.9 Å². The van der Waals surface area contributed by atoms with Gasteiger partial charge in [-0.25, -0.2) is 4.79 Å². The monoisotopic (exact) mass is 283 g/mol. The first-order valence-electron chi connectivity index (χ1n) is 7.49. The lowest BCUT2D eigenvalue weighted by Crippen LogP contribution is -2.27. The number of aromatic nitrogens is 1. The van der Waals surface area contributed by atoms with Crippen LogP contribution in [0.5, 0.6) is 0 Å². The molecular weight excluding hydrogens is 262 g/mol. The summed E-state index contributed by atoms with van der Waals surface area (Å²) in [5.74, 6) is -0.830. The molecule has 0 aliphatic heterocycles. The Bertz CT molecular complexity index is 760. The molecule has 0 radical (unpaired) electrons. The minimum Gasteiger partial charge on any atom is -0.478 e. The van der Waals surface area contributed by atoms with Crippen LogP contribution in [0.25, 0.3) is 10.9 Å². The number of aromatic carboxylic acids is 1. The molecule has 3 heteroatoms. The maximum Gasteiger partial charge on any atom is 0.336 e. The third-order valence-corrected chi connectivity index (χ3v) is 4.61. The van der Waals surface area contributed by atoms with Crippen LogP contribution < -0.4 is 0 Å². The molecule has 1 heterocycles. The summed E-state index contributed by atoms with van der Waals surface area (Å²) in [6.07, 6.45) is 2.90. The zero-order valence-corrected chi connectivity index (χ0v) is 13.1. The van der Waals surface area contributed by atoms with Crippen molar-refractivity contribution in [1.82, 2.24) is 4.98 Å². The second-order valence-corrected chi connectivity index (χ2v) is 6.83. The third kappa shape index (κ3) is 2.11. The second kappa shape index (κ2) is 4.55. The van der Waals surface area contributed by atoms with Crippen molar-refractivity contribution in [2.75, 3.05) is 0 Å². The highest BCUT2D eigenvalue weighted by atomic mass is 16.4. The van der Waals surface area contributed by atoms with Gasteiger partial charge in [-0.2, -0.15) is 0 Å². The summed E-state index contributed by atoms with van der Waals surface area (Å²) in [6.45, 7) is 8.33. The number of nitrogens with zero attached hydrogens (tertiary/aromatic N) is 1. The van der Waals surface area contributed by atoms with E-state index in [1.807, 2.05) is 26.0 Å². The summed E-state index contributed by atoms with van der Waals surface area (Å²) >= 11 is 0. The van der Waals surface area contributed by atoms with Crippen LogP contribution in [0.1, 0.15) is 59.4 Å². The number of benzene rings is 1.